The van der Waals surface area contributed by atoms with E-state index in [0.29, 0.717) is 18.4 Å². The van der Waals surface area contributed by atoms with E-state index in [1.165, 1.54) is 0 Å². The number of carbonyl (C=O) groups is 1. The zero-order valence-electron chi connectivity index (χ0n) is 11.4. The van der Waals surface area contributed by atoms with Crippen LogP contribution in [0.25, 0.3) is 0 Å². The highest BCUT2D eigenvalue weighted by molar-refractivity contribution is 5.75. The largest absolute Gasteiger partial charge is 0.465 e. The number of aliphatic hydroxyl groups is 1. The summed E-state index contributed by atoms with van der Waals surface area (Å²) in [5, 5.41) is 9.07. The molecule has 0 aromatic carbocycles. The number of carbonyl (C=O) groups excluding carboxylic acids is 1. The normalized spacial score (nSPS) is 25.7. The van der Waals surface area contributed by atoms with E-state index in [9.17, 15) is 4.79 Å². The molecule has 3 N–H and O–H groups in total. The summed E-state index contributed by atoms with van der Waals surface area (Å²) in [4.78, 5) is 11.6. The highest BCUT2D eigenvalue weighted by Crippen LogP contribution is 2.31. The fourth-order valence-corrected chi connectivity index (χ4v) is 2.53. The maximum Gasteiger partial charge on any atom is 0.322 e. The zero-order chi connectivity index (χ0) is 13.4. The van der Waals surface area contributed by atoms with Crippen molar-refractivity contribution in [1.29, 1.82) is 0 Å². The molecule has 106 valence electrons. The van der Waals surface area contributed by atoms with Gasteiger partial charge in [-0.1, -0.05) is 26.2 Å². The predicted octanol–water partition coefficient (Wildman–Crippen LogP) is 1.85. The minimum atomic E-state index is -0.475. The number of ether oxygens (including phenoxy) is 1. The van der Waals surface area contributed by atoms with Crippen LogP contribution in [-0.4, -0.2) is 30.3 Å². The van der Waals surface area contributed by atoms with Crippen LogP contribution in [0.2, 0.25) is 0 Å². The van der Waals surface area contributed by atoms with Gasteiger partial charge in [0.2, 0.25) is 0 Å². The Morgan fingerprint density at radius 3 is 2.50 bits per heavy atom. The van der Waals surface area contributed by atoms with Crippen molar-refractivity contribution >= 4 is 5.97 Å². The van der Waals surface area contributed by atoms with Crippen LogP contribution in [0.15, 0.2) is 0 Å². The molecule has 0 amide bonds. The molecular formula is C14H27NO3. The van der Waals surface area contributed by atoms with Gasteiger partial charge in [0.1, 0.15) is 6.04 Å². The van der Waals surface area contributed by atoms with Gasteiger partial charge in [0, 0.05) is 6.61 Å². The average molecular weight is 257 g/mol. The summed E-state index contributed by atoms with van der Waals surface area (Å²) in [7, 11) is 0. The van der Waals surface area contributed by atoms with Gasteiger partial charge in [-0.2, -0.15) is 0 Å². The molecule has 4 heteroatoms. The topological polar surface area (TPSA) is 72.5 Å². The van der Waals surface area contributed by atoms with Crippen molar-refractivity contribution in [2.45, 2.75) is 57.9 Å². The minimum absolute atomic E-state index is 0.257. The molecular weight excluding hydrogens is 230 g/mol. The predicted molar refractivity (Wildman–Crippen MR) is 71.0 cm³/mol. The molecule has 0 spiro atoms. The number of esters is 1. The van der Waals surface area contributed by atoms with Gasteiger partial charge < -0.3 is 15.6 Å². The SMILES string of the molecule is CCCCOC(=O)C(N)CC1CCC(CO)CC1. The van der Waals surface area contributed by atoms with Crippen LogP contribution >= 0.6 is 0 Å². The number of hydrogen-bond acceptors (Lipinski definition) is 4. The fraction of sp³-hybridized carbons (Fsp3) is 0.929. The van der Waals surface area contributed by atoms with E-state index in [1.54, 1.807) is 0 Å². The molecule has 1 saturated carbocycles. The molecule has 0 aromatic rings. The van der Waals surface area contributed by atoms with Gasteiger partial charge >= 0.3 is 5.97 Å². The third kappa shape index (κ3) is 5.36. The lowest BCUT2D eigenvalue weighted by atomic mass is 9.79. The summed E-state index contributed by atoms with van der Waals surface area (Å²) in [5.74, 6) is 0.711. The van der Waals surface area contributed by atoms with Crippen LogP contribution in [0, 0.1) is 11.8 Å². The van der Waals surface area contributed by atoms with Gasteiger partial charge in [-0.3, -0.25) is 4.79 Å². The average Bonchev–Trinajstić information content (AvgIpc) is 2.39. The molecule has 0 heterocycles. The number of rotatable bonds is 7. The smallest absolute Gasteiger partial charge is 0.322 e. The lowest BCUT2D eigenvalue weighted by molar-refractivity contribution is -0.145. The second kappa shape index (κ2) is 8.48. The van der Waals surface area contributed by atoms with E-state index < -0.39 is 6.04 Å². The molecule has 18 heavy (non-hydrogen) atoms. The molecule has 1 unspecified atom stereocenters. The number of aliphatic hydroxyl groups excluding tert-OH is 1. The first-order valence-electron chi connectivity index (χ1n) is 7.20. The van der Waals surface area contributed by atoms with Crippen molar-refractivity contribution in [1.82, 2.24) is 0 Å². The van der Waals surface area contributed by atoms with E-state index in [2.05, 4.69) is 6.92 Å². The lowest BCUT2D eigenvalue weighted by Crippen LogP contribution is -2.35. The fourth-order valence-electron chi connectivity index (χ4n) is 2.53. The number of nitrogens with two attached hydrogens (primary N) is 1. The Labute approximate surface area is 110 Å². The standard InChI is InChI=1S/C14H27NO3/c1-2-3-8-18-14(17)13(15)9-11-4-6-12(10-16)7-5-11/h11-13,16H,2-10,15H2,1H3. The van der Waals surface area contributed by atoms with Crippen molar-refractivity contribution in [2.24, 2.45) is 17.6 Å². The van der Waals surface area contributed by atoms with Gasteiger partial charge in [0.25, 0.3) is 0 Å². The van der Waals surface area contributed by atoms with Crippen molar-refractivity contribution < 1.29 is 14.6 Å². The summed E-state index contributed by atoms with van der Waals surface area (Å²) < 4.78 is 5.12. The Bertz CT molecular complexity index is 237. The van der Waals surface area contributed by atoms with E-state index >= 15 is 0 Å². The highest BCUT2D eigenvalue weighted by Gasteiger charge is 2.25. The van der Waals surface area contributed by atoms with E-state index in [1.807, 2.05) is 0 Å². The number of hydrogen-bond donors (Lipinski definition) is 2. The van der Waals surface area contributed by atoms with Gasteiger partial charge in [-0.05, 0) is 37.5 Å². The minimum Gasteiger partial charge on any atom is -0.465 e. The van der Waals surface area contributed by atoms with Crippen molar-refractivity contribution in [2.75, 3.05) is 13.2 Å². The second-order valence-corrected chi connectivity index (χ2v) is 5.43. The van der Waals surface area contributed by atoms with Crippen molar-refractivity contribution in [3.8, 4) is 0 Å². The molecule has 1 fully saturated rings. The Morgan fingerprint density at radius 1 is 1.33 bits per heavy atom. The first-order chi connectivity index (χ1) is 8.67. The van der Waals surface area contributed by atoms with Crippen molar-refractivity contribution in [3.63, 3.8) is 0 Å². The molecule has 0 saturated heterocycles. The maximum absolute atomic E-state index is 11.6. The zero-order valence-corrected chi connectivity index (χ0v) is 11.4. The Kier molecular flexibility index (Phi) is 7.28. The monoisotopic (exact) mass is 257 g/mol. The van der Waals surface area contributed by atoms with Gasteiger partial charge in [0.05, 0.1) is 6.61 Å². The summed E-state index contributed by atoms with van der Waals surface area (Å²) in [6.45, 7) is 2.84. The maximum atomic E-state index is 11.6. The second-order valence-electron chi connectivity index (χ2n) is 5.43. The van der Waals surface area contributed by atoms with Crippen LogP contribution in [0.5, 0.6) is 0 Å². The molecule has 4 nitrogen and oxygen atoms in total. The molecule has 1 aliphatic carbocycles. The van der Waals surface area contributed by atoms with E-state index in [0.717, 1.165) is 44.9 Å². The van der Waals surface area contributed by atoms with Crippen LogP contribution in [0.3, 0.4) is 0 Å². The first kappa shape index (κ1) is 15.4. The lowest BCUT2D eigenvalue weighted by Gasteiger charge is -2.28. The summed E-state index contributed by atoms with van der Waals surface area (Å²) in [5.41, 5.74) is 5.87. The Hall–Kier alpha value is -0.610. The molecule has 0 radical (unpaired) electrons. The third-order valence-electron chi connectivity index (χ3n) is 3.86. The van der Waals surface area contributed by atoms with Crippen molar-refractivity contribution in [3.05, 3.63) is 0 Å². The Morgan fingerprint density at radius 2 is 1.94 bits per heavy atom. The summed E-state index contributed by atoms with van der Waals surface area (Å²) >= 11 is 0. The molecule has 1 rings (SSSR count). The van der Waals surface area contributed by atoms with Gasteiger partial charge in [-0.25, -0.2) is 0 Å². The summed E-state index contributed by atoms with van der Waals surface area (Å²) in [6.07, 6.45) is 6.90. The Balaban J connectivity index is 2.19. The van der Waals surface area contributed by atoms with Gasteiger partial charge in [-0.15, -0.1) is 0 Å². The van der Waals surface area contributed by atoms with E-state index in [4.69, 9.17) is 15.6 Å². The highest BCUT2D eigenvalue weighted by atomic mass is 16.5. The molecule has 0 aromatic heterocycles. The van der Waals surface area contributed by atoms with Crippen LogP contribution in [0.4, 0.5) is 0 Å². The quantitative estimate of drug-likeness (QED) is 0.539. The van der Waals surface area contributed by atoms with Crippen LogP contribution in [0.1, 0.15) is 51.9 Å². The van der Waals surface area contributed by atoms with Crippen LogP contribution < -0.4 is 5.73 Å². The van der Waals surface area contributed by atoms with Gasteiger partial charge in [0.15, 0.2) is 0 Å². The first-order valence-corrected chi connectivity index (χ1v) is 7.20. The van der Waals surface area contributed by atoms with E-state index in [-0.39, 0.29) is 12.6 Å². The third-order valence-corrected chi connectivity index (χ3v) is 3.86. The van der Waals surface area contributed by atoms with Crippen LogP contribution in [-0.2, 0) is 9.53 Å². The number of unbranched alkanes of at least 4 members (excludes halogenated alkanes) is 1. The molecule has 1 aliphatic rings. The molecule has 0 aliphatic heterocycles. The molecule has 1 atom stereocenters. The molecule has 0 bridgehead atoms. The summed E-state index contributed by atoms with van der Waals surface area (Å²) in [6, 6.07) is -0.475.